The van der Waals surface area contributed by atoms with Crippen molar-refractivity contribution in [1.29, 1.82) is 0 Å². The first-order chi connectivity index (χ1) is 16.7. The first-order valence-electron chi connectivity index (χ1n) is 11.1. The second-order valence-corrected chi connectivity index (χ2v) is 9.70. The Labute approximate surface area is 213 Å². The maximum absolute atomic E-state index is 12.8. The van der Waals surface area contributed by atoms with Crippen molar-refractivity contribution in [2.24, 2.45) is 19.8 Å². The van der Waals surface area contributed by atoms with Crippen LogP contribution in [0, 0.1) is 6.92 Å². The van der Waals surface area contributed by atoms with Crippen LogP contribution in [0.15, 0.2) is 84.0 Å². The molecule has 3 aromatic carbocycles. The van der Waals surface area contributed by atoms with E-state index in [0.717, 1.165) is 44.4 Å². The van der Waals surface area contributed by atoms with E-state index in [1.165, 1.54) is 0 Å². The average molecular weight is 503 g/mol. The van der Waals surface area contributed by atoms with E-state index in [4.69, 9.17) is 28.9 Å². The van der Waals surface area contributed by atoms with E-state index in [1.54, 1.807) is 30.2 Å². The third-order valence-corrected chi connectivity index (χ3v) is 7.33. The van der Waals surface area contributed by atoms with Crippen LogP contribution in [0.5, 0.6) is 0 Å². The van der Waals surface area contributed by atoms with Crippen molar-refractivity contribution in [2.75, 3.05) is 0 Å². The van der Waals surface area contributed by atoms with Crippen LogP contribution in [0.3, 0.4) is 0 Å². The summed E-state index contributed by atoms with van der Waals surface area (Å²) in [7, 11) is 3.69. The zero-order valence-electron chi connectivity index (χ0n) is 19.6. The monoisotopic (exact) mass is 502 g/mol. The zero-order valence-corrected chi connectivity index (χ0v) is 21.1. The van der Waals surface area contributed by atoms with E-state index in [0.29, 0.717) is 10.0 Å². The Morgan fingerprint density at radius 2 is 1.69 bits per heavy atom. The number of aromatic nitrogens is 3. The maximum atomic E-state index is 12.8. The summed E-state index contributed by atoms with van der Waals surface area (Å²) < 4.78 is 3.56. The van der Waals surface area contributed by atoms with Gasteiger partial charge in [-0.05, 0) is 65.1 Å². The summed E-state index contributed by atoms with van der Waals surface area (Å²) >= 11 is 12.6. The number of aryl methyl sites for hydroxylation is 3. The molecule has 5 nitrogen and oxygen atoms in total. The fraction of sp³-hybridized carbons (Fsp3) is 0.143. The van der Waals surface area contributed by atoms with Crippen molar-refractivity contribution < 1.29 is 0 Å². The molecular weight excluding hydrogens is 479 g/mol. The van der Waals surface area contributed by atoms with Crippen LogP contribution >= 0.6 is 23.2 Å². The normalized spacial score (nSPS) is 13.2. The SMILES string of the molecule is Cc1cc([C@@](N)(c2ccc3c(c2)c(-c2cccc(Cl)c2)cc(=O)n3C)c2cncn2C)ccc1Cl. The van der Waals surface area contributed by atoms with E-state index in [2.05, 4.69) is 11.1 Å². The van der Waals surface area contributed by atoms with Crippen LogP contribution < -0.4 is 11.3 Å². The summed E-state index contributed by atoms with van der Waals surface area (Å²) in [6.07, 6.45) is 3.52. The topological polar surface area (TPSA) is 65.8 Å². The molecule has 176 valence electrons. The summed E-state index contributed by atoms with van der Waals surface area (Å²) in [4.78, 5) is 17.1. The van der Waals surface area contributed by atoms with Gasteiger partial charge in [0.15, 0.2) is 0 Å². The van der Waals surface area contributed by atoms with Crippen LogP contribution in [0.2, 0.25) is 10.0 Å². The first kappa shape index (κ1) is 23.4. The van der Waals surface area contributed by atoms with Gasteiger partial charge < -0.3 is 14.9 Å². The fourth-order valence-electron chi connectivity index (χ4n) is 4.69. The molecule has 0 amide bonds. The number of imidazole rings is 1. The average Bonchev–Trinajstić information content (AvgIpc) is 3.28. The molecule has 2 heterocycles. The van der Waals surface area contributed by atoms with Gasteiger partial charge in [-0.2, -0.15) is 0 Å². The molecule has 0 aliphatic heterocycles. The summed E-state index contributed by atoms with van der Waals surface area (Å²) in [6.45, 7) is 1.96. The Bertz CT molecular complexity index is 1650. The molecule has 1 atom stereocenters. The predicted molar refractivity (Wildman–Crippen MR) is 143 cm³/mol. The number of pyridine rings is 1. The minimum atomic E-state index is -1.02. The van der Waals surface area contributed by atoms with Gasteiger partial charge in [0.1, 0.15) is 5.54 Å². The van der Waals surface area contributed by atoms with Crippen molar-refractivity contribution in [3.05, 3.63) is 122 Å². The van der Waals surface area contributed by atoms with Crippen LogP contribution in [-0.2, 0) is 19.6 Å². The standard InChI is InChI=1S/C28H24Cl2N4O/c1-17-11-19(7-9-24(17)30)28(31,26-15-32-16-33(26)2)20-8-10-25-23(13-20)22(14-27(35)34(25)3)18-5-4-6-21(29)12-18/h4-16H,31H2,1-3H3/t28-/m1/s1. The van der Waals surface area contributed by atoms with E-state index in [-0.39, 0.29) is 5.56 Å². The number of rotatable bonds is 4. The fourth-order valence-corrected chi connectivity index (χ4v) is 5.00. The number of fused-ring (bicyclic) bond motifs is 1. The highest BCUT2D eigenvalue weighted by Gasteiger charge is 2.35. The lowest BCUT2D eigenvalue weighted by Crippen LogP contribution is -2.41. The molecule has 0 aliphatic rings. The molecule has 35 heavy (non-hydrogen) atoms. The number of nitrogens with two attached hydrogens (primary N) is 1. The maximum Gasteiger partial charge on any atom is 0.251 e. The Hall–Kier alpha value is -3.38. The van der Waals surface area contributed by atoms with Crippen LogP contribution in [0.4, 0.5) is 0 Å². The van der Waals surface area contributed by atoms with Gasteiger partial charge in [0, 0.05) is 35.6 Å². The van der Waals surface area contributed by atoms with Gasteiger partial charge in [0.25, 0.3) is 5.56 Å². The molecule has 0 unspecified atom stereocenters. The molecule has 0 saturated carbocycles. The molecule has 5 rings (SSSR count). The molecule has 7 heteroatoms. The number of nitrogens with zero attached hydrogens (tertiary/aromatic N) is 3. The molecule has 0 aliphatic carbocycles. The lowest BCUT2D eigenvalue weighted by molar-refractivity contribution is 0.596. The molecule has 0 saturated heterocycles. The van der Waals surface area contributed by atoms with Gasteiger partial charge in [-0.1, -0.05) is 53.5 Å². The van der Waals surface area contributed by atoms with Crippen molar-refractivity contribution in [3.63, 3.8) is 0 Å². The minimum Gasteiger partial charge on any atom is -0.336 e. The van der Waals surface area contributed by atoms with Gasteiger partial charge in [-0.3, -0.25) is 4.79 Å². The lowest BCUT2D eigenvalue weighted by Gasteiger charge is -2.32. The summed E-state index contributed by atoms with van der Waals surface area (Å²) in [6, 6.07) is 21.0. The first-order valence-corrected chi connectivity index (χ1v) is 11.9. The van der Waals surface area contributed by atoms with Crippen molar-refractivity contribution in [3.8, 4) is 11.1 Å². The third-order valence-electron chi connectivity index (χ3n) is 6.67. The Morgan fingerprint density at radius 1 is 0.943 bits per heavy atom. The van der Waals surface area contributed by atoms with E-state index < -0.39 is 5.54 Å². The largest absolute Gasteiger partial charge is 0.336 e. The third kappa shape index (κ3) is 3.86. The van der Waals surface area contributed by atoms with Gasteiger partial charge in [-0.15, -0.1) is 0 Å². The summed E-state index contributed by atoms with van der Waals surface area (Å²) in [5.74, 6) is 0. The van der Waals surface area contributed by atoms with E-state index in [1.807, 2.05) is 73.1 Å². The number of halogens is 2. The van der Waals surface area contributed by atoms with Crippen molar-refractivity contribution in [2.45, 2.75) is 12.5 Å². The predicted octanol–water partition coefficient (Wildman–Crippen LogP) is 5.80. The second-order valence-electron chi connectivity index (χ2n) is 8.86. The summed E-state index contributed by atoms with van der Waals surface area (Å²) in [5.41, 5.74) is 12.2. The van der Waals surface area contributed by atoms with Crippen LogP contribution in [0.1, 0.15) is 22.4 Å². The Kier molecular flexibility index (Phi) is 5.80. The van der Waals surface area contributed by atoms with E-state index in [9.17, 15) is 4.79 Å². The number of hydrogen-bond acceptors (Lipinski definition) is 3. The van der Waals surface area contributed by atoms with Gasteiger partial charge in [-0.25, -0.2) is 4.98 Å². The highest BCUT2D eigenvalue weighted by atomic mass is 35.5. The number of benzene rings is 3. The molecular formula is C28H24Cl2N4O. The number of hydrogen-bond donors (Lipinski definition) is 1. The quantitative estimate of drug-likeness (QED) is 0.337. The Balaban J connectivity index is 1.85. The van der Waals surface area contributed by atoms with Crippen LogP contribution in [-0.4, -0.2) is 14.1 Å². The molecule has 5 aromatic rings. The van der Waals surface area contributed by atoms with Gasteiger partial charge in [0.05, 0.1) is 23.7 Å². The van der Waals surface area contributed by atoms with Gasteiger partial charge in [0.2, 0.25) is 0 Å². The zero-order chi connectivity index (χ0) is 24.9. The summed E-state index contributed by atoms with van der Waals surface area (Å²) in [5, 5.41) is 2.18. The van der Waals surface area contributed by atoms with Crippen molar-refractivity contribution >= 4 is 34.1 Å². The molecule has 0 radical (unpaired) electrons. The highest BCUT2D eigenvalue weighted by molar-refractivity contribution is 6.31. The molecule has 2 aromatic heterocycles. The smallest absolute Gasteiger partial charge is 0.251 e. The molecule has 2 N–H and O–H groups in total. The van der Waals surface area contributed by atoms with E-state index >= 15 is 0 Å². The van der Waals surface area contributed by atoms with Crippen LogP contribution in [0.25, 0.3) is 22.0 Å². The highest BCUT2D eigenvalue weighted by Crippen LogP contribution is 2.38. The minimum absolute atomic E-state index is 0.0980. The Morgan fingerprint density at radius 3 is 2.37 bits per heavy atom. The molecule has 0 spiro atoms. The van der Waals surface area contributed by atoms with Gasteiger partial charge >= 0.3 is 0 Å². The lowest BCUT2D eigenvalue weighted by atomic mass is 9.79. The molecule has 0 bridgehead atoms. The molecule has 0 fully saturated rings. The second kappa shape index (κ2) is 8.68. The van der Waals surface area contributed by atoms with Crippen molar-refractivity contribution in [1.82, 2.24) is 14.1 Å².